The van der Waals surface area contributed by atoms with E-state index in [0.29, 0.717) is 5.75 Å². The number of carbonyl (C=O) groups is 2. The highest BCUT2D eigenvalue weighted by atomic mass is 19.4. The molecule has 0 aliphatic carbocycles. The number of aryl methyl sites for hydroxylation is 1. The molecule has 2 N–H and O–H groups in total. The van der Waals surface area contributed by atoms with Gasteiger partial charge in [-0.15, -0.1) is 0 Å². The van der Waals surface area contributed by atoms with Crippen molar-refractivity contribution >= 4 is 11.6 Å². The molecule has 1 aromatic carbocycles. The first-order valence-electron chi connectivity index (χ1n) is 5.68. The van der Waals surface area contributed by atoms with Crippen LogP contribution in [-0.4, -0.2) is 29.9 Å². The Balaban J connectivity index is 2.73. The summed E-state index contributed by atoms with van der Waals surface area (Å²) in [5.41, 5.74) is 3.39. The zero-order chi connectivity index (χ0) is 15.6. The quantitative estimate of drug-likeness (QED) is 0.839. The average molecular weight is 289 g/mol. The normalized spacial score (nSPS) is 14.5. The summed E-state index contributed by atoms with van der Waals surface area (Å²) in [4.78, 5) is 22.7. The maximum atomic E-state index is 12.3. The molecule has 1 aromatic rings. The first-order chi connectivity index (χ1) is 9.05. The van der Waals surface area contributed by atoms with Gasteiger partial charge in [-0.05, 0) is 31.5 Å². The number of ether oxygens (including phenoxy) is 1. The molecule has 0 radical (unpaired) electrons. The van der Waals surface area contributed by atoms with Crippen LogP contribution in [0.1, 0.15) is 12.5 Å². The SMILES string of the molecule is Cc1cccc(OCC(=O)C(C)(N)C(=O)C(F)(F)F)c1. The number of nitrogens with two attached hydrogens (primary N) is 1. The molecule has 1 rings (SSSR count). The molecule has 1 unspecified atom stereocenters. The van der Waals surface area contributed by atoms with E-state index < -0.39 is 29.9 Å². The number of carbonyl (C=O) groups excluding carboxylic acids is 2. The van der Waals surface area contributed by atoms with Crippen LogP contribution in [0.2, 0.25) is 0 Å². The lowest BCUT2D eigenvalue weighted by molar-refractivity contribution is -0.177. The molecule has 7 heteroatoms. The lowest BCUT2D eigenvalue weighted by Gasteiger charge is -2.22. The van der Waals surface area contributed by atoms with Crippen molar-refractivity contribution in [3.8, 4) is 5.75 Å². The minimum absolute atomic E-state index is 0.314. The highest BCUT2D eigenvalue weighted by Gasteiger charge is 2.52. The average Bonchev–Trinajstić information content (AvgIpc) is 2.33. The van der Waals surface area contributed by atoms with E-state index in [0.717, 1.165) is 12.5 Å². The van der Waals surface area contributed by atoms with Gasteiger partial charge < -0.3 is 10.5 Å². The van der Waals surface area contributed by atoms with Crippen molar-refractivity contribution in [1.82, 2.24) is 0 Å². The number of halogens is 3. The highest BCUT2D eigenvalue weighted by molar-refractivity contribution is 6.13. The zero-order valence-corrected chi connectivity index (χ0v) is 11.0. The van der Waals surface area contributed by atoms with Crippen LogP contribution in [0.4, 0.5) is 13.2 Å². The fourth-order valence-corrected chi connectivity index (χ4v) is 1.42. The Labute approximate surface area is 113 Å². The second-order valence-corrected chi connectivity index (χ2v) is 4.56. The number of hydrogen-bond donors (Lipinski definition) is 1. The summed E-state index contributed by atoms with van der Waals surface area (Å²) in [6.45, 7) is 1.80. The minimum Gasteiger partial charge on any atom is -0.486 e. The van der Waals surface area contributed by atoms with Gasteiger partial charge in [-0.3, -0.25) is 9.59 Å². The van der Waals surface area contributed by atoms with E-state index in [1.807, 2.05) is 0 Å². The van der Waals surface area contributed by atoms with Gasteiger partial charge in [0, 0.05) is 0 Å². The van der Waals surface area contributed by atoms with Gasteiger partial charge in [0.15, 0.2) is 5.78 Å². The maximum Gasteiger partial charge on any atom is 0.452 e. The first kappa shape index (κ1) is 16.2. The molecule has 1 atom stereocenters. The molecule has 20 heavy (non-hydrogen) atoms. The molecule has 0 amide bonds. The van der Waals surface area contributed by atoms with Crippen molar-refractivity contribution in [3.63, 3.8) is 0 Å². The molecule has 110 valence electrons. The predicted molar refractivity (Wildman–Crippen MR) is 65.3 cm³/mol. The Morgan fingerprint density at radius 3 is 2.40 bits per heavy atom. The summed E-state index contributed by atoms with van der Waals surface area (Å²) in [7, 11) is 0. The molecule has 0 fully saturated rings. The number of benzene rings is 1. The first-order valence-corrected chi connectivity index (χ1v) is 5.68. The lowest BCUT2D eigenvalue weighted by atomic mass is 9.92. The van der Waals surface area contributed by atoms with Crippen molar-refractivity contribution in [2.75, 3.05) is 6.61 Å². The molecule has 0 heterocycles. The highest BCUT2D eigenvalue weighted by Crippen LogP contribution is 2.23. The van der Waals surface area contributed by atoms with Crippen LogP contribution in [0.15, 0.2) is 24.3 Å². The van der Waals surface area contributed by atoms with Gasteiger partial charge in [0.1, 0.15) is 17.9 Å². The van der Waals surface area contributed by atoms with Crippen molar-refractivity contribution < 1.29 is 27.5 Å². The van der Waals surface area contributed by atoms with Gasteiger partial charge in [0.25, 0.3) is 5.78 Å². The van der Waals surface area contributed by atoms with E-state index in [9.17, 15) is 22.8 Å². The third-order valence-electron chi connectivity index (χ3n) is 2.67. The number of ketones is 2. The predicted octanol–water partition coefficient (Wildman–Crippen LogP) is 1.79. The third-order valence-corrected chi connectivity index (χ3v) is 2.67. The summed E-state index contributed by atoms with van der Waals surface area (Å²) in [6.07, 6.45) is -5.16. The summed E-state index contributed by atoms with van der Waals surface area (Å²) in [5, 5.41) is 0. The van der Waals surface area contributed by atoms with Crippen molar-refractivity contribution in [3.05, 3.63) is 29.8 Å². The van der Waals surface area contributed by atoms with Crippen LogP contribution in [0.25, 0.3) is 0 Å². The number of rotatable bonds is 5. The summed E-state index contributed by atoms with van der Waals surface area (Å²) in [5.74, 6) is -3.11. The van der Waals surface area contributed by atoms with E-state index in [1.165, 1.54) is 0 Å². The summed E-state index contributed by atoms with van der Waals surface area (Å²) in [6, 6.07) is 6.60. The Hall–Kier alpha value is -1.89. The smallest absolute Gasteiger partial charge is 0.452 e. The van der Waals surface area contributed by atoms with E-state index >= 15 is 0 Å². The molecular formula is C13H14F3NO3. The topological polar surface area (TPSA) is 69.4 Å². The van der Waals surface area contributed by atoms with Crippen molar-refractivity contribution in [2.45, 2.75) is 25.6 Å². The second kappa shape index (κ2) is 5.62. The van der Waals surface area contributed by atoms with Gasteiger partial charge in [0.2, 0.25) is 0 Å². The third kappa shape index (κ3) is 3.80. The zero-order valence-electron chi connectivity index (χ0n) is 11.0. The van der Waals surface area contributed by atoms with Crippen LogP contribution in [0, 0.1) is 6.92 Å². The maximum absolute atomic E-state index is 12.3. The second-order valence-electron chi connectivity index (χ2n) is 4.56. The summed E-state index contributed by atoms with van der Waals surface area (Å²) >= 11 is 0. The standard InChI is InChI=1S/C13H14F3NO3/c1-8-4-3-5-9(6-8)20-7-10(18)12(2,17)11(19)13(14,15)16/h3-6H,7,17H2,1-2H3. The van der Waals surface area contributed by atoms with Crippen LogP contribution in [0.3, 0.4) is 0 Å². The van der Waals surface area contributed by atoms with Gasteiger partial charge in [-0.1, -0.05) is 12.1 Å². The van der Waals surface area contributed by atoms with Crippen LogP contribution < -0.4 is 10.5 Å². The van der Waals surface area contributed by atoms with Gasteiger partial charge in [-0.25, -0.2) is 0 Å². The van der Waals surface area contributed by atoms with Crippen molar-refractivity contribution in [2.24, 2.45) is 5.73 Å². The van der Waals surface area contributed by atoms with E-state index in [-0.39, 0.29) is 0 Å². The Morgan fingerprint density at radius 1 is 1.30 bits per heavy atom. The number of Topliss-reactive ketones (excluding diaryl/α,β-unsaturated/α-hetero) is 2. The molecule has 0 saturated heterocycles. The molecule has 0 bridgehead atoms. The van der Waals surface area contributed by atoms with Crippen LogP contribution in [0.5, 0.6) is 5.75 Å². The van der Waals surface area contributed by atoms with Gasteiger partial charge in [0.05, 0.1) is 0 Å². The number of hydrogen-bond acceptors (Lipinski definition) is 4. The Bertz CT molecular complexity index is 524. The fourth-order valence-electron chi connectivity index (χ4n) is 1.42. The molecule has 4 nitrogen and oxygen atoms in total. The molecular weight excluding hydrogens is 275 g/mol. The molecule has 0 aromatic heterocycles. The fraction of sp³-hybridized carbons (Fsp3) is 0.385. The van der Waals surface area contributed by atoms with E-state index in [4.69, 9.17) is 10.5 Å². The minimum atomic E-state index is -5.16. The molecule has 0 saturated carbocycles. The van der Waals surface area contributed by atoms with E-state index in [1.54, 1.807) is 31.2 Å². The largest absolute Gasteiger partial charge is 0.486 e. The Kier molecular flexibility index (Phi) is 4.54. The molecule has 0 aliphatic heterocycles. The van der Waals surface area contributed by atoms with Gasteiger partial charge in [-0.2, -0.15) is 13.2 Å². The Morgan fingerprint density at radius 2 is 1.90 bits per heavy atom. The van der Waals surface area contributed by atoms with E-state index in [2.05, 4.69) is 0 Å². The van der Waals surface area contributed by atoms with Gasteiger partial charge >= 0.3 is 6.18 Å². The van der Waals surface area contributed by atoms with Crippen LogP contribution in [-0.2, 0) is 9.59 Å². The summed E-state index contributed by atoms with van der Waals surface area (Å²) < 4.78 is 41.9. The lowest BCUT2D eigenvalue weighted by Crippen LogP contribution is -2.58. The monoisotopic (exact) mass is 289 g/mol. The number of alkyl halides is 3. The molecule has 0 spiro atoms. The van der Waals surface area contributed by atoms with Crippen molar-refractivity contribution in [1.29, 1.82) is 0 Å². The molecule has 0 aliphatic rings. The van der Waals surface area contributed by atoms with Crippen LogP contribution >= 0.6 is 0 Å².